The molecule has 0 aromatic heterocycles. The number of anilines is 1. The molecule has 0 saturated carbocycles. The van der Waals surface area contributed by atoms with Crippen LogP contribution in [-0.2, 0) is 10.0 Å². The molecule has 0 aliphatic carbocycles. The lowest BCUT2D eigenvalue weighted by Gasteiger charge is -2.30. The van der Waals surface area contributed by atoms with Crippen molar-refractivity contribution in [1.29, 1.82) is 0 Å². The number of amides is 1. The third-order valence-corrected chi connectivity index (χ3v) is 7.48. The molecule has 1 amide bonds. The molecule has 1 aliphatic rings. The summed E-state index contributed by atoms with van der Waals surface area (Å²) in [6.45, 7) is 6.32. The zero-order valence-corrected chi connectivity index (χ0v) is 18.9. The Morgan fingerprint density at radius 1 is 1.13 bits per heavy atom. The lowest BCUT2D eigenvalue weighted by atomic mass is 10.0. The molecule has 6 nitrogen and oxygen atoms in total. The molecular weight excluding hydrogens is 400 g/mol. The zero-order chi connectivity index (χ0) is 21.9. The Labute approximate surface area is 179 Å². The maximum absolute atomic E-state index is 13.0. The fourth-order valence-corrected chi connectivity index (χ4v) is 5.55. The third-order valence-electron chi connectivity index (χ3n) is 5.62. The van der Waals surface area contributed by atoms with Crippen LogP contribution in [0.15, 0.2) is 36.4 Å². The topological polar surface area (TPSA) is 75.7 Å². The van der Waals surface area contributed by atoms with Crippen molar-refractivity contribution < 1.29 is 17.9 Å². The molecule has 2 aromatic rings. The van der Waals surface area contributed by atoms with E-state index in [9.17, 15) is 13.2 Å². The van der Waals surface area contributed by atoms with Gasteiger partial charge in [-0.25, -0.2) is 8.42 Å². The molecule has 2 aromatic carbocycles. The molecule has 0 spiro atoms. The van der Waals surface area contributed by atoms with Crippen LogP contribution in [0.3, 0.4) is 0 Å². The van der Waals surface area contributed by atoms with Gasteiger partial charge >= 0.3 is 0 Å². The van der Waals surface area contributed by atoms with Gasteiger partial charge in [0.2, 0.25) is 10.0 Å². The largest absolute Gasteiger partial charge is 0.496 e. The number of benzene rings is 2. The summed E-state index contributed by atoms with van der Waals surface area (Å²) in [7, 11) is -1.70. The first-order valence-corrected chi connectivity index (χ1v) is 11.9. The summed E-state index contributed by atoms with van der Waals surface area (Å²) in [5.41, 5.74) is 3.91. The van der Waals surface area contributed by atoms with E-state index in [2.05, 4.69) is 5.32 Å². The molecule has 162 valence electrons. The quantitative estimate of drug-likeness (QED) is 0.748. The van der Waals surface area contributed by atoms with Crippen LogP contribution in [0.1, 0.15) is 59.3 Å². The minimum Gasteiger partial charge on any atom is -0.496 e. The van der Waals surface area contributed by atoms with Crippen LogP contribution in [0, 0.1) is 13.8 Å². The van der Waals surface area contributed by atoms with E-state index in [4.69, 9.17) is 4.74 Å². The Hall–Kier alpha value is -2.54. The number of sulfonamides is 1. The number of carbonyl (C=O) groups is 1. The Morgan fingerprint density at radius 3 is 2.53 bits per heavy atom. The lowest BCUT2D eigenvalue weighted by molar-refractivity contribution is 0.0935. The van der Waals surface area contributed by atoms with Gasteiger partial charge in [0.05, 0.1) is 24.6 Å². The number of rotatable bonds is 6. The molecule has 1 heterocycles. The Balaban J connectivity index is 1.85. The number of hydrogen-bond donors (Lipinski definition) is 1. The van der Waals surface area contributed by atoms with E-state index < -0.39 is 10.0 Å². The van der Waals surface area contributed by atoms with Crippen molar-refractivity contribution in [3.05, 3.63) is 58.7 Å². The summed E-state index contributed by atoms with van der Waals surface area (Å²) < 4.78 is 31.8. The van der Waals surface area contributed by atoms with Crippen molar-refractivity contribution in [3.63, 3.8) is 0 Å². The monoisotopic (exact) mass is 430 g/mol. The third kappa shape index (κ3) is 4.61. The number of methoxy groups -OCH3 is 1. The molecule has 0 unspecified atom stereocenters. The van der Waals surface area contributed by atoms with E-state index in [0.717, 1.165) is 35.3 Å². The van der Waals surface area contributed by atoms with Crippen LogP contribution in [0.25, 0.3) is 0 Å². The molecule has 0 radical (unpaired) electrons. The number of aryl methyl sites for hydroxylation is 2. The number of nitrogens with zero attached hydrogens (tertiary/aromatic N) is 1. The fourth-order valence-electron chi connectivity index (χ4n) is 3.86. The molecule has 30 heavy (non-hydrogen) atoms. The van der Waals surface area contributed by atoms with Crippen LogP contribution >= 0.6 is 0 Å². The van der Waals surface area contributed by atoms with Crippen LogP contribution in [0.4, 0.5) is 5.69 Å². The summed E-state index contributed by atoms with van der Waals surface area (Å²) in [6.07, 6.45) is 2.23. The van der Waals surface area contributed by atoms with E-state index in [-0.39, 0.29) is 17.7 Å². The van der Waals surface area contributed by atoms with Gasteiger partial charge in [-0.05, 0) is 68.0 Å². The average Bonchev–Trinajstić information content (AvgIpc) is 2.72. The number of nitrogens with one attached hydrogen (secondary N) is 1. The second-order valence-corrected chi connectivity index (χ2v) is 9.77. The number of ether oxygens (including phenoxy) is 1. The van der Waals surface area contributed by atoms with Crippen molar-refractivity contribution in [2.45, 2.75) is 46.1 Å². The first-order chi connectivity index (χ1) is 14.3. The van der Waals surface area contributed by atoms with Gasteiger partial charge in [0.1, 0.15) is 5.75 Å². The molecule has 1 saturated heterocycles. The van der Waals surface area contributed by atoms with Crippen molar-refractivity contribution in [3.8, 4) is 5.75 Å². The maximum atomic E-state index is 13.0. The minimum absolute atomic E-state index is 0.148. The number of carbonyl (C=O) groups excluding carboxylic acids is 1. The van der Waals surface area contributed by atoms with Crippen molar-refractivity contribution in [1.82, 2.24) is 5.32 Å². The summed E-state index contributed by atoms with van der Waals surface area (Å²) in [6, 6.07) is 11.0. The fraction of sp³-hybridized carbons (Fsp3) is 0.435. The highest BCUT2D eigenvalue weighted by Gasteiger charge is 2.28. The van der Waals surface area contributed by atoms with Gasteiger partial charge in [-0.2, -0.15) is 0 Å². The highest BCUT2D eigenvalue weighted by molar-refractivity contribution is 7.92. The highest BCUT2D eigenvalue weighted by Crippen LogP contribution is 2.29. The van der Waals surface area contributed by atoms with Crippen LogP contribution < -0.4 is 14.4 Å². The Morgan fingerprint density at radius 2 is 1.90 bits per heavy atom. The van der Waals surface area contributed by atoms with Crippen LogP contribution in [-0.4, -0.2) is 33.7 Å². The predicted octanol–water partition coefficient (Wildman–Crippen LogP) is 4.12. The SMILES string of the molecule is CC[C@@H](NC(=O)c1ccc(C)c(N2CCCCS2(=O)=O)c1)c1ccc(OC)c(C)c1. The molecule has 1 atom stereocenters. The number of hydrogen-bond acceptors (Lipinski definition) is 4. The van der Waals surface area contributed by atoms with E-state index >= 15 is 0 Å². The van der Waals surface area contributed by atoms with E-state index in [0.29, 0.717) is 24.2 Å². The minimum atomic E-state index is -3.33. The normalized spacial score (nSPS) is 16.7. The predicted molar refractivity (Wildman–Crippen MR) is 120 cm³/mol. The Kier molecular flexibility index (Phi) is 6.71. The van der Waals surface area contributed by atoms with Gasteiger partial charge in [-0.15, -0.1) is 0 Å². The summed E-state index contributed by atoms with van der Waals surface area (Å²) in [5.74, 6) is 0.745. The maximum Gasteiger partial charge on any atom is 0.251 e. The highest BCUT2D eigenvalue weighted by atomic mass is 32.2. The van der Waals surface area contributed by atoms with Gasteiger partial charge < -0.3 is 10.1 Å². The van der Waals surface area contributed by atoms with Gasteiger partial charge in [-0.3, -0.25) is 9.10 Å². The smallest absolute Gasteiger partial charge is 0.251 e. The van der Waals surface area contributed by atoms with Gasteiger partial charge in [0, 0.05) is 12.1 Å². The van der Waals surface area contributed by atoms with E-state index in [1.165, 1.54) is 4.31 Å². The van der Waals surface area contributed by atoms with Gasteiger partial charge in [0.15, 0.2) is 0 Å². The van der Waals surface area contributed by atoms with Crippen molar-refractivity contribution in [2.75, 3.05) is 23.7 Å². The molecule has 1 fully saturated rings. The van der Waals surface area contributed by atoms with Crippen LogP contribution in [0.5, 0.6) is 5.75 Å². The Bertz CT molecular complexity index is 1030. The molecule has 0 bridgehead atoms. The molecule has 1 N–H and O–H groups in total. The second-order valence-electron chi connectivity index (χ2n) is 7.76. The molecule has 1 aliphatic heterocycles. The summed E-state index contributed by atoms with van der Waals surface area (Å²) >= 11 is 0. The first-order valence-electron chi connectivity index (χ1n) is 10.3. The first kappa shape index (κ1) is 22.2. The lowest BCUT2D eigenvalue weighted by Crippen LogP contribution is -2.38. The second kappa shape index (κ2) is 9.08. The zero-order valence-electron chi connectivity index (χ0n) is 18.1. The average molecular weight is 431 g/mol. The summed E-state index contributed by atoms with van der Waals surface area (Å²) in [4.78, 5) is 13.0. The van der Waals surface area contributed by atoms with Crippen molar-refractivity contribution in [2.24, 2.45) is 0 Å². The van der Waals surface area contributed by atoms with E-state index in [1.807, 2.05) is 45.0 Å². The van der Waals surface area contributed by atoms with Gasteiger partial charge in [0.25, 0.3) is 5.91 Å². The molecular formula is C23H30N2O4S. The molecule has 3 rings (SSSR count). The molecule has 7 heteroatoms. The van der Waals surface area contributed by atoms with Crippen LogP contribution in [0.2, 0.25) is 0 Å². The standard InChI is InChI=1S/C23H30N2O4S/c1-5-20(18-10-11-22(29-4)17(3)14-18)24-23(26)19-9-8-16(2)21(15-19)25-12-6-7-13-30(25,27)28/h8-11,14-15,20H,5-7,12-13H2,1-4H3,(H,24,26)/t20-/m1/s1. The summed E-state index contributed by atoms with van der Waals surface area (Å²) in [5, 5.41) is 3.09. The van der Waals surface area contributed by atoms with Gasteiger partial charge in [-0.1, -0.05) is 25.1 Å². The van der Waals surface area contributed by atoms with E-state index in [1.54, 1.807) is 19.2 Å². The van der Waals surface area contributed by atoms with Crippen molar-refractivity contribution >= 4 is 21.6 Å².